The quantitative estimate of drug-likeness (QED) is 0.779. The minimum Gasteiger partial charge on any atom is -0.493 e. The zero-order valence-corrected chi connectivity index (χ0v) is 15.8. The molecule has 0 fully saturated rings. The van der Waals surface area contributed by atoms with E-state index >= 15 is 0 Å². The first-order chi connectivity index (χ1) is 12.4. The van der Waals surface area contributed by atoms with Crippen LogP contribution in [-0.2, 0) is 9.59 Å². The first-order valence-corrected chi connectivity index (χ1v) is 8.76. The normalized spacial score (nSPS) is 10.5. The molecule has 2 amide bonds. The third-order valence-electron chi connectivity index (χ3n) is 3.92. The summed E-state index contributed by atoms with van der Waals surface area (Å²) in [6.07, 6.45) is 0.246. The zero-order valence-electron chi connectivity index (χ0n) is 15.8. The largest absolute Gasteiger partial charge is 0.493 e. The Hall–Kier alpha value is -2.82. The van der Waals surface area contributed by atoms with Crippen LogP contribution in [0.3, 0.4) is 0 Å². The van der Waals surface area contributed by atoms with Crippen molar-refractivity contribution in [1.29, 1.82) is 0 Å². The molecule has 0 saturated heterocycles. The Kier molecular flexibility index (Phi) is 6.78. The lowest BCUT2D eigenvalue weighted by molar-refractivity contribution is -0.119. The van der Waals surface area contributed by atoms with Gasteiger partial charge in [-0.05, 0) is 43.2 Å². The van der Waals surface area contributed by atoms with Gasteiger partial charge < -0.3 is 15.4 Å². The van der Waals surface area contributed by atoms with Gasteiger partial charge in [-0.15, -0.1) is 0 Å². The summed E-state index contributed by atoms with van der Waals surface area (Å²) in [5, 5.41) is 5.65. The molecule has 138 valence electrons. The highest BCUT2D eigenvalue weighted by atomic mass is 16.5. The standard InChI is InChI=1S/C21H26N2O3/c1-14(2)21(25)23-18-10-6-9-17(13-18)22-19(24)11-12-26-20-15(3)7-5-8-16(20)4/h5-10,13-14H,11-12H2,1-4H3,(H,22,24)(H,23,25). The van der Waals surface area contributed by atoms with E-state index in [0.717, 1.165) is 16.9 Å². The van der Waals surface area contributed by atoms with Crippen LogP contribution in [0.15, 0.2) is 42.5 Å². The number of carbonyl (C=O) groups excluding carboxylic acids is 2. The number of benzene rings is 2. The second kappa shape index (κ2) is 9.04. The first-order valence-electron chi connectivity index (χ1n) is 8.76. The van der Waals surface area contributed by atoms with E-state index in [1.54, 1.807) is 24.3 Å². The van der Waals surface area contributed by atoms with Gasteiger partial charge in [0.05, 0.1) is 13.0 Å². The molecule has 0 unspecified atom stereocenters. The molecule has 2 rings (SSSR count). The molecule has 2 aromatic rings. The lowest BCUT2D eigenvalue weighted by Gasteiger charge is -2.12. The molecule has 0 aliphatic carbocycles. The Morgan fingerprint density at radius 3 is 2.15 bits per heavy atom. The number of nitrogens with one attached hydrogen (secondary N) is 2. The predicted molar refractivity (Wildman–Crippen MR) is 105 cm³/mol. The van der Waals surface area contributed by atoms with Crippen molar-refractivity contribution < 1.29 is 14.3 Å². The number of amides is 2. The molecule has 2 aromatic carbocycles. The number of rotatable bonds is 7. The van der Waals surface area contributed by atoms with E-state index in [1.165, 1.54) is 0 Å². The van der Waals surface area contributed by atoms with Gasteiger partial charge in [0.1, 0.15) is 5.75 Å². The summed E-state index contributed by atoms with van der Waals surface area (Å²) in [5.41, 5.74) is 3.41. The summed E-state index contributed by atoms with van der Waals surface area (Å²) in [6.45, 7) is 7.94. The molecule has 0 atom stereocenters. The summed E-state index contributed by atoms with van der Waals surface area (Å²) in [5.74, 6) is 0.535. The molecule has 26 heavy (non-hydrogen) atoms. The second-order valence-corrected chi connectivity index (χ2v) is 6.59. The Balaban J connectivity index is 1.87. The summed E-state index contributed by atoms with van der Waals surface area (Å²) in [7, 11) is 0. The Bertz CT molecular complexity index is 764. The van der Waals surface area contributed by atoms with Crippen molar-refractivity contribution in [3.63, 3.8) is 0 Å². The van der Waals surface area contributed by atoms with E-state index in [2.05, 4.69) is 10.6 Å². The van der Waals surface area contributed by atoms with Crippen LogP contribution in [0.4, 0.5) is 11.4 Å². The van der Waals surface area contributed by atoms with Crippen LogP contribution in [0.1, 0.15) is 31.4 Å². The van der Waals surface area contributed by atoms with Crippen LogP contribution < -0.4 is 15.4 Å². The summed E-state index contributed by atoms with van der Waals surface area (Å²) < 4.78 is 5.76. The first kappa shape index (κ1) is 19.5. The van der Waals surface area contributed by atoms with Gasteiger partial charge in [0.2, 0.25) is 11.8 Å². The molecule has 5 heteroatoms. The van der Waals surface area contributed by atoms with Crippen molar-refractivity contribution in [2.24, 2.45) is 5.92 Å². The van der Waals surface area contributed by atoms with Gasteiger partial charge in [-0.1, -0.05) is 38.1 Å². The predicted octanol–water partition coefficient (Wildman–Crippen LogP) is 4.31. The third kappa shape index (κ3) is 5.62. The molecule has 0 bridgehead atoms. The Labute approximate surface area is 154 Å². The molecule has 0 heterocycles. The van der Waals surface area contributed by atoms with Crippen molar-refractivity contribution >= 4 is 23.2 Å². The maximum Gasteiger partial charge on any atom is 0.227 e. The second-order valence-electron chi connectivity index (χ2n) is 6.59. The smallest absolute Gasteiger partial charge is 0.227 e. The van der Waals surface area contributed by atoms with Crippen LogP contribution >= 0.6 is 0 Å². The minimum atomic E-state index is -0.136. The number of aryl methyl sites for hydroxylation is 2. The molecule has 5 nitrogen and oxygen atoms in total. The highest BCUT2D eigenvalue weighted by Gasteiger charge is 2.09. The van der Waals surface area contributed by atoms with Crippen LogP contribution in [0.5, 0.6) is 5.75 Å². The summed E-state index contributed by atoms with van der Waals surface area (Å²) in [4.78, 5) is 23.9. The van der Waals surface area contributed by atoms with Crippen LogP contribution in [0.25, 0.3) is 0 Å². The highest BCUT2D eigenvalue weighted by molar-refractivity contribution is 5.94. The topological polar surface area (TPSA) is 67.4 Å². The van der Waals surface area contributed by atoms with E-state index in [0.29, 0.717) is 18.0 Å². The lowest BCUT2D eigenvalue weighted by Crippen LogP contribution is -2.18. The summed E-state index contributed by atoms with van der Waals surface area (Å²) in [6, 6.07) is 13.1. The van der Waals surface area contributed by atoms with Gasteiger partial charge in [-0.25, -0.2) is 0 Å². The average Bonchev–Trinajstić information content (AvgIpc) is 2.57. The van der Waals surface area contributed by atoms with E-state index in [-0.39, 0.29) is 24.2 Å². The van der Waals surface area contributed by atoms with Crippen molar-refractivity contribution in [3.05, 3.63) is 53.6 Å². The van der Waals surface area contributed by atoms with Crippen LogP contribution in [-0.4, -0.2) is 18.4 Å². The van der Waals surface area contributed by atoms with Gasteiger partial charge in [0, 0.05) is 17.3 Å². The van der Waals surface area contributed by atoms with Crippen LogP contribution in [0.2, 0.25) is 0 Å². The molecule has 0 aromatic heterocycles. The van der Waals surface area contributed by atoms with Gasteiger partial charge in [-0.3, -0.25) is 9.59 Å². The number of hydrogen-bond acceptors (Lipinski definition) is 3. The van der Waals surface area contributed by atoms with Crippen molar-refractivity contribution in [1.82, 2.24) is 0 Å². The van der Waals surface area contributed by atoms with E-state index < -0.39 is 0 Å². The minimum absolute atomic E-state index is 0.0597. The highest BCUT2D eigenvalue weighted by Crippen LogP contribution is 2.22. The van der Waals surface area contributed by atoms with E-state index in [4.69, 9.17) is 4.74 Å². The molecule has 0 saturated carbocycles. The fourth-order valence-corrected chi connectivity index (χ4v) is 2.46. The van der Waals surface area contributed by atoms with Gasteiger partial charge in [0.15, 0.2) is 0 Å². The average molecular weight is 354 g/mol. The van der Waals surface area contributed by atoms with Crippen molar-refractivity contribution in [2.75, 3.05) is 17.2 Å². The third-order valence-corrected chi connectivity index (χ3v) is 3.92. The maximum atomic E-state index is 12.1. The molecule has 2 N–H and O–H groups in total. The Morgan fingerprint density at radius 1 is 0.962 bits per heavy atom. The molecule has 0 radical (unpaired) electrons. The van der Waals surface area contributed by atoms with Crippen molar-refractivity contribution in [2.45, 2.75) is 34.1 Å². The van der Waals surface area contributed by atoms with Crippen LogP contribution in [0, 0.1) is 19.8 Å². The fourth-order valence-electron chi connectivity index (χ4n) is 2.46. The maximum absolute atomic E-state index is 12.1. The number of para-hydroxylation sites is 1. The summed E-state index contributed by atoms with van der Waals surface area (Å²) >= 11 is 0. The molecule has 0 aliphatic heterocycles. The zero-order chi connectivity index (χ0) is 19.1. The Morgan fingerprint density at radius 2 is 1.54 bits per heavy atom. The fraction of sp³-hybridized carbons (Fsp3) is 0.333. The van der Waals surface area contributed by atoms with Crippen molar-refractivity contribution in [3.8, 4) is 5.75 Å². The monoisotopic (exact) mass is 354 g/mol. The van der Waals surface area contributed by atoms with Gasteiger partial charge in [0.25, 0.3) is 0 Å². The molecular weight excluding hydrogens is 328 g/mol. The number of hydrogen-bond donors (Lipinski definition) is 2. The molecule has 0 aliphatic rings. The molecular formula is C21H26N2O3. The number of carbonyl (C=O) groups is 2. The number of ether oxygens (including phenoxy) is 1. The lowest BCUT2D eigenvalue weighted by atomic mass is 10.1. The van der Waals surface area contributed by atoms with E-state index in [9.17, 15) is 9.59 Å². The number of anilines is 2. The van der Waals surface area contributed by atoms with E-state index in [1.807, 2.05) is 45.9 Å². The van der Waals surface area contributed by atoms with Gasteiger partial charge >= 0.3 is 0 Å². The van der Waals surface area contributed by atoms with Gasteiger partial charge in [-0.2, -0.15) is 0 Å². The molecule has 0 spiro atoms. The SMILES string of the molecule is Cc1cccc(C)c1OCCC(=O)Nc1cccc(NC(=O)C(C)C)c1.